The van der Waals surface area contributed by atoms with Crippen LogP contribution in [-0.4, -0.2) is 95.6 Å². The average molecular weight is 477 g/mol. The average Bonchev–Trinajstić information content (AvgIpc) is 2.79. The predicted octanol–water partition coefficient (Wildman–Crippen LogP) is 0.825. The number of nitrogens with two attached hydrogens (primary N) is 1. The largest absolute Gasteiger partial charge is 0.493 e. The highest BCUT2D eigenvalue weighted by molar-refractivity contribution is 6.52. The van der Waals surface area contributed by atoms with Gasteiger partial charge in [-0.3, -0.25) is 4.79 Å². The number of rotatable bonds is 7. The SMILES string of the molecule is [B]C1([B])C2c3cc(OC)c(OC)cc3CCN2C([B])([B])C([B])(CC(C)C)C1([B])OC(=O)[C@@H](N)C(C)C. The normalized spacial score (nSPS) is 29.8. The summed E-state index contributed by atoms with van der Waals surface area (Å²) < 4.78 is 16.9. The second kappa shape index (κ2) is 9.72. The van der Waals surface area contributed by atoms with Crippen LogP contribution in [-0.2, 0) is 16.0 Å². The fourth-order valence-corrected chi connectivity index (χ4v) is 5.64. The number of benzene rings is 1. The summed E-state index contributed by atoms with van der Waals surface area (Å²) in [6.07, 6.45) is 0.727. The minimum Gasteiger partial charge on any atom is -0.493 e. The zero-order valence-corrected chi connectivity index (χ0v) is 22.2. The van der Waals surface area contributed by atoms with Crippen molar-refractivity contribution >= 4 is 53.0 Å². The van der Waals surface area contributed by atoms with Crippen LogP contribution in [0.1, 0.15) is 51.3 Å². The summed E-state index contributed by atoms with van der Waals surface area (Å²) >= 11 is 0. The van der Waals surface area contributed by atoms with Crippen LogP contribution in [0.2, 0.25) is 10.5 Å². The van der Waals surface area contributed by atoms with Crippen molar-refractivity contribution in [1.29, 1.82) is 0 Å². The number of methoxy groups -OCH3 is 2. The van der Waals surface area contributed by atoms with Crippen LogP contribution in [0.3, 0.4) is 0 Å². The molecule has 0 spiro atoms. The molecule has 1 aromatic carbocycles. The second-order valence-corrected chi connectivity index (χ2v) is 11.0. The molecule has 12 heteroatoms. The number of nitrogens with zero attached hydrogens (tertiary/aromatic N) is 1. The molecule has 6 nitrogen and oxygen atoms in total. The molecule has 0 saturated carbocycles. The molecule has 4 atom stereocenters. The topological polar surface area (TPSA) is 74.0 Å². The number of hydrogen-bond donors (Lipinski definition) is 1. The highest BCUT2D eigenvalue weighted by atomic mass is 16.6. The molecule has 0 amide bonds. The fourth-order valence-electron chi connectivity index (χ4n) is 5.64. The Hall–Kier alpha value is -1.40. The Balaban J connectivity index is 2.29. The first-order valence-corrected chi connectivity index (χ1v) is 12.2. The van der Waals surface area contributed by atoms with Gasteiger partial charge in [0.05, 0.1) is 59.0 Å². The predicted molar refractivity (Wildman–Crippen MR) is 146 cm³/mol. The van der Waals surface area contributed by atoms with E-state index in [2.05, 4.69) is 0 Å². The zero-order chi connectivity index (χ0) is 27.4. The van der Waals surface area contributed by atoms with E-state index < -0.39 is 39.4 Å². The van der Waals surface area contributed by atoms with Crippen molar-refractivity contribution in [2.24, 2.45) is 17.6 Å². The van der Waals surface area contributed by atoms with Gasteiger partial charge in [-0.15, -0.1) is 0 Å². The maximum absolute atomic E-state index is 13.2. The maximum atomic E-state index is 13.2. The van der Waals surface area contributed by atoms with Gasteiger partial charge < -0.3 is 24.8 Å². The third-order valence-electron chi connectivity index (χ3n) is 7.80. The van der Waals surface area contributed by atoms with E-state index in [0.29, 0.717) is 30.0 Å². The molecule has 180 valence electrons. The Kier molecular flexibility index (Phi) is 7.88. The molecule has 1 fully saturated rings. The molecule has 2 N–H and O–H groups in total. The molecule has 2 aliphatic rings. The monoisotopic (exact) mass is 478 g/mol. The maximum Gasteiger partial charge on any atom is 0.322 e. The Bertz CT molecular complexity index is 1010. The highest BCUT2D eigenvalue weighted by Gasteiger charge is 2.69. The van der Waals surface area contributed by atoms with Crippen LogP contribution in [0.15, 0.2) is 12.1 Å². The number of carbonyl (C=O) groups excluding carboxylic acids is 1. The van der Waals surface area contributed by atoms with E-state index in [1.54, 1.807) is 31.9 Å². The fraction of sp³-hybridized carbons (Fsp3) is 0.708. The van der Waals surface area contributed by atoms with E-state index >= 15 is 0 Å². The van der Waals surface area contributed by atoms with Gasteiger partial charge in [-0.2, -0.15) is 0 Å². The van der Waals surface area contributed by atoms with Crippen molar-refractivity contribution in [1.82, 2.24) is 4.90 Å². The summed E-state index contributed by atoms with van der Waals surface area (Å²) in [6.45, 7) is 7.80. The molecule has 3 rings (SSSR count). The molecule has 2 heterocycles. The van der Waals surface area contributed by atoms with Gasteiger partial charge in [0, 0.05) is 12.6 Å². The van der Waals surface area contributed by atoms with Crippen LogP contribution in [0.5, 0.6) is 11.5 Å². The van der Waals surface area contributed by atoms with Gasteiger partial charge in [-0.25, -0.2) is 0 Å². The zero-order valence-electron chi connectivity index (χ0n) is 22.2. The molecular formula is C24H32B6N2O4. The van der Waals surface area contributed by atoms with Gasteiger partial charge in [0.15, 0.2) is 11.5 Å². The van der Waals surface area contributed by atoms with Crippen molar-refractivity contribution in [3.63, 3.8) is 0 Å². The van der Waals surface area contributed by atoms with E-state index in [9.17, 15) is 4.79 Å². The van der Waals surface area contributed by atoms with E-state index in [1.807, 2.05) is 19.9 Å². The van der Waals surface area contributed by atoms with Gasteiger partial charge >= 0.3 is 5.97 Å². The Morgan fingerprint density at radius 1 is 1.06 bits per heavy atom. The third-order valence-corrected chi connectivity index (χ3v) is 7.80. The molecule has 1 aromatic rings. The lowest BCUT2D eigenvalue weighted by Crippen LogP contribution is -2.78. The summed E-state index contributed by atoms with van der Waals surface area (Å²) in [6, 6.07) is 1.75. The lowest BCUT2D eigenvalue weighted by molar-refractivity contribution is -0.171. The summed E-state index contributed by atoms with van der Waals surface area (Å²) in [5.74, 6) is -0.0688. The van der Waals surface area contributed by atoms with Gasteiger partial charge in [0.1, 0.15) is 13.9 Å². The van der Waals surface area contributed by atoms with Crippen LogP contribution in [0.25, 0.3) is 0 Å². The first-order valence-electron chi connectivity index (χ1n) is 12.2. The minimum absolute atomic E-state index is 0.0457. The van der Waals surface area contributed by atoms with Crippen molar-refractivity contribution in [2.75, 3.05) is 20.8 Å². The second-order valence-electron chi connectivity index (χ2n) is 11.0. The third kappa shape index (κ3) is 4.15. The van der Waals surface area contributed by atoms with Crippen LogP contribution >= 0.6 is 0 Å². The lowest BCUT2D eigenvalue weighted by atomic mass is 9.19. The smallest absolute Gasteiger partial charge is 0.322 e. The number of fused-ring (bicyclic) bond motifs is 3. The molecule has 36 heavy (non-hydrogen) atoms. The van der Waals surface area contributed by atoms with Gasteiger partial charge in [0.25, 0.3) is 0 Å². The van der Waals surface area contributed by atoms with E-state index in [-0.39, 0.29) is 18.3 Å². The quantitative estimate of drug-likeness (QED) is 0.463. The summed E-state index contributed by atoms with van der Waals surface area (Å²) in [5, 5.41) is -5.47. The molecule has 12 radical (unpaired) electrons. The number of hydrogen-bond acceptors (Lipinski definition) is 6. The molecule has 2 aliphatic heterocycles. The number of carbonyl (C=O) groups is 1. The van der Waals surface area contributed by atoms with Crippen LogP contribution in [0, 0.1) is 11.8 Å². The summed E-state index contributed by atoms with van der Waals surface area (Å²) in [4.78, 5) is 14.9. The van der Waals surface area contributed by atoms with E-state index in [0.717, 1.165) is 5.56 Å². The van der Waals surface area contributed by atoms with E-state index in [1.165, 1.54) is 7.11 Å². The lowest BCUT2D eigenvalue weighted by Gasteiger charge is -2.75. The van der Waals surface area contributed by atoms with E-state index in [4.69, 9.17) is 67.0 Å². The summed E-state index contributed by atoms with van der Waals surface area (Å²) in [7, 11) is 44.6. The Morgan fingerprint density at radius 3 is 2.11 bits per heavy atom. The molecule has 0 aromatic heterocycles. The first-order chi connectivity index (χ1) is 16.5. The molecular weight excluding hydrogens is 445 g/mol. The Labute approximate surface area is 224 Å². The standard InChI is InChI=1S/C24H32B6N2O4/c1-12(2)11-21(25)23(28,36-20(33)18(31)13(3)4)22(26,27)19-15-10-17(35-6)16(34-5)9-14(15)7-8-32(19)24(21,29)30/h9-10,12-13,18-19H,7-8,11,31H2,1-6H3/t18-,19?,21?,23?/m0/s1. The van der Waals surface area contributed by atoms with Crippen molar-refractivity contribution in [3.05, 3.63) is 23.3 Å². The number of piperidine rings is 1. The minimum atomic E-state index is -2.21. The van der Waals surface area contributed by atoms with Crippen LogP contribution < -0.4 is 15.2 Å². The van der Waals surface area contributed by atoms with Crippen molar-refractivity contribution < 1.29 is 19.0 Å². The highest BCUT2D eigenvalue weighted by Crippen LogP contribution is 2.69. The van der Waals surface area contributed by atoms with Gasteiger partial charge in [0.2, 0.25) is 0 Å². The number of ether oxygens (including phenoxy) is 3. The Morgan fingerprint density at radius 2 is 1.61 bits per heavy atom. The molecule has 3 unspecified atom stereocenters. The van der Waals surface area contributed by atoms with Gasteiger partial charge in [-0.05, 0) is 46.8 Å². The van der Waals surface area contributed by atoms with Crippen molar-refractivity contribution in [2.45, 2.75) is 74.0 Å². The van der Waals surface area contributed by atoms with Crippen LogP contribution in [0.4, 0.5) is 0 Å². The van der Waals surface area contributed by atoms with Crippen molar-refractivity contribution in [3.8, 4) is 11.5 Å². The number of esters is 1. The first kappa shape index (κ1) is 29.2. The molecule has 1 saturated heterocycles. The molecule has 0 bridgehead atoms. The summed E-state index contributed by atoms with van der Waals surface area (Å²) in [5.41, 5.74) is 5.47. The molecule has 0 aliphatic carbocycles. The van der Waals surface area contributed by atoms with Gasteiger partial charge in [-0.1, -0.05) is 44.7 Å².